The molecule has 1 aromatic carbocycles. The summed E-state index contributed by atoms with van der Waals surface area (Å²) in [5, 5.41) is 7.62. The maximum absolute atomic E-state index is 7.62. The molecule has 86 valence electrons. The van der Waals surface area contributed by atoms with Crippen molar-refractivity contribution in [2.45, 2.75) is 6.04 Å². The molecule has 1 aliphatic heterocycles. The van der Waals surface area contributed by atoms with Crippen LogP contribution in [-0.2, 0) is 0 Å². The summed E-state index contributed by atoms with van der Waals surface area (Å²) in [6, 6.07) is 8.21. The third-order valence-electron chi connectivity index (χ3n) is 3.12. The number of guanidine groups is 1. The SMILES string of the molecule is N=C(N)N1CC(n2ccnc2)c2ccccc21. The van der Waals surface area contributed by atoms with Gasteiger partial charge in [0.15, 0.2) is 5.96 Å². The van der Waals surface area contributed by atoms with E-state index in [4.69, 9.17) is 11.1 Å². The summed E-state index contributed by atoms with van der Waals surface area (Å²) in [7, 11) is 0. The van der Waals surface area contributed by atoms with E-state index in [1.165, 1.54) is 5.56 Å². The Morgan fingerprint density at radius 3 is 2.94 bits per heavy atom. The molecule has 0 aliphatic carbocycles. The number of anilines is 1. The summed E-state index contributed by atoms with van der Waals surface area (Å²) >= 11 is 0. The van der Waals surface area contributed by atoms with Crippen molar-refractivity contribution in [1.82, 2.24) is 9.55 Å². The van der Waals surface area contributed by atoms with Crippen molar-refractivity contribution in [2.24, 2.45) is 5.73 Å². The molecule has 2 heterocycles. The third kappa shape index (κ3) is 1.47. The average molecular weight is 227 g/mol. The molecule has 3 rings (SSSR count). The third-order valence-corrected chi connectivity index (χ3v) is 3.12. The highest BCUT2D eigenvalue weighted by atomic mass is 15.3. The highest BCUT2D eigenvalue weighted by Gasteiger charge is 2.30. The van der Waals surface area contributed by atoms with Gasteiger partial charge in [0.2, 0.25) is 0 Å². The lowest BCUT2D eigenvalue weighted by molar-refractivity contribution is 0.621. The van der Waals surface area contributed by atoms with Crippen LogP contribution in [0.4, 0.5) is 5.69 Å². The highest BCUT2D eigenvalue weighted by molar-refractivity contribution is 5.95. The van der Waals surface area contributed by atoms with Gasteiger partial charge in [0.1, 0.15) is 0 Å². The normalized spacial score (nSPS) is 18.1. The highest BCUT2D eigenvalue weighted by Crippen LogP contribution is 2.36. The van der Waals surface area contributed by atoms with Crippen LogP contribution in [0, 0.1) is 5.41 Å². The van der Waals surface area contributed by atoms with E-state index < -0.39 is 0 Å². The Balaban J connectivity index is 2.08. The zero-order chi connectivity index (χ0) is 11.8. The molecule has 3 N–H and O–H groups in total. The van der Waals surface area contributed by atoms with Crippen molar-refractivity contribution in [1.29, 1.82) is 5.41 Å². The lowest BCUT2D eigenvalue weighted by atomic mass is 10.1. The van der Waals surface area contributed by atoms with Crippen LogP contribution in [0.25, 0.3) is 0 Å². The van der Waals surface area contributed by atoms with Gasteiger partial charge in [-0.25, -0.2) is 4.98 Å². The van der Waals surface area contributed by atoms with Crippen LogP contribution in [-0.4, -0.2) is 22.1 Å². The van der Waals surface area contributed by atoms with Crippen molar-refractivity contribution in [3.8, 4) is 0 Å². The Bertz CT molecular complexity index is 546. The van der Waals surface area contributed by atoms with Gasteiger partial charge in [-0.05, 0) is 6.07 Å². The molecule has 0 bridgehead atoms. The quantitative estimate of drug-likeness (QED) is 0.567. The van der Waals surface area contributed by atoms with E-state index >= 15 is 0 Å². The van der Waals surface area contributed by atoms with Crippen molar-refractivity contribution in [3.63, 3.8) is 0 Å². The molecule has 0 spiro atoms. The molecule has 1 aromatic heterocycles. The molecule has 0 amide bonds. The van der Waals surface area contributed by atoms with Gasteiger partial charge in [-0.3, -0.25) is 5.41 Å². The minimum atomic E-state index is 0.0834. The van der Waals surface area contributed by atoms with Crippen molar-refractivity contribution in [3.05, 3.63) is 48.5 Å². The second kappa shape index (κ2) is 3.62. The molecular weight excluding hydrogens is 214 g/mol. The summed E-state index contributed by atoms with van der Waals surface area (Å²) in [5.74, 6) is 0.0834. The molecule has 1 aliphatic rings. The number of nitrogens with one attached hydrogen (secondary N) is 1. The zero-order valence-electron chi connectivity index (χ0n) is 9.24. The minimum Gasteiger partial charge on any atom is -0.370 e. The van der Waals surface area contributed by atoms with E-state index in [1.54, 1.807) is 12.5 Å². The molecule has 0 saturated heterocycles. The van der Waals surface area contributed by atoms with Crippen LogP contribution in [0.2, 0.25) is 0 Å². The van der Waals surface area contributed by atoms with E-state index in [0.29, 0.717) is 6.54 Å². The summed E-state index contributed by atoms with van der Waals surface area (Å²) in [6.07, 6.45) is 5.50. The summed E-state index contributed by atoms with van der Waals surface area (Å²) in [6.45, 7) is 0.686. The van der Waals surface area contributed by atoms with Crippen LogP contribution in [0.1, 0.15) is 11.6 Å². The number of nitrogens with two attached hydrogens (primary N) is 1. The van der Waals surface area contributed by atoms with E-state index in [0.717, 1.165) is 5.69 Å². The molecular formula is C12H13N5. The lowest BCUT2D eigenvalue weighted by Crippen LogP contribution is -2.36. The smallest absolute Gasteiger partial charge is 0.193 e. The molecule has 0 fully saturated rings. The molecule has 5 nitrogen and oxygen atoms in total. The van der Waals surface area contributed by atoms with Crippen LogP contribution < -0.4 is 10.6 Å². The fraction of sp³-hybridized carbons (Fsp3) is 0.167. The van der Waals surface area contributed by atoms with Crippen molar-refractivity contribution < 1.29 is 0 Å². The van der Waals surface area contributed by atoms with Gasteiger partial charge in [-0.1, -0.05) is 18.2 Å². The molecule has 5 heteroatoms. The first-order valence-corrected chi connectivity index (χ1v) is 5.45. The van der Waals surface area contributed by atoms with E-state index in [2.05, 4.69) is 11.1 Å². The minimum absolute atomic E-state index is 0.0834. The monoisotopic (exact) mass is 227 g/mol. The molecule has 2 aromatic rings. The van der Waals surface area contributed by atoms with Crippen molar-refractivity contribution in [2.75, 3.05) is 11.4 Å². The Kier molecular flexibility index (Phi) is 2.11. The predicted molar refractivity (Wildman–Crippen MR) is 66.1 cm³/mol. The molecule has 1 atom stereocenters. The fourth-order valence-electron chi connectivity index (χ4n) is 2.32. The van der Waals surface area contributed by atoms with Gasteiger partial charge in [0, 0.05) is 23.6 Å². The van der Waals surface area contributed by atoms with Crippen LogP contribution >= 0.6 is 0 Å². The second-order valence-corrected chi connectivity index (χ2v) is 4.08. The zero-order valence-corrected chi connectivity index (χ0v) is 9.24. The number of aromatic nitrogens is 2. The summed E-state index contributed by atoms with van der Waals surface area (Å²) in [4.78, 5) is 5.89. The second-order valence-electron chi connectivity index (χ2n) is 4.08. The van der Waals surface area contributed by atoms with E-state index in [1.807, 2.05) is 33.9 Å². The Hall–Kier alpha value is -2.30. The van der Waals surface area contributed by atoms with Gasteiger partial charge in [0.25, 0.3) is 0 Å². The van der Waals surface area contributed by atoms with Gasteiger partial charge in [-0.2, -0.15) is 0 Å². The van der Waals surface area contributed by atoms with E-state index in [9.17, 15) is 0 Å². The Morgan fingerprint density at radius 2 is 2.24 bits per heavy atom. The van der Waals surface area contributed by atoms with Crippen LogP contribution in [0.15, 0.2) is 43.0 Å². The summed E-state index contributed by atoms with van der Waals surface area (Å²) in [5.41, 5.74) is 7.81. The van der Waals surface area contributed by atoms with E-state index in [-0.39, 0.29) is 12.0 Å². The number of hydrogen-bond donors (Lipinski definition) is 2. The maximum Gasteiger partial charge on any atom is 0.193 e. The topological polar surface area (TPSA) is 70.9 Å². The number of imidazole rings is 1. The van der Waals surface area contributed by atoms with Gasteiger partial charge in [0.05, 0.1) is 18.9 Å². The predicted octanol–water partition coefficient (Wildman–Crippen LogP) is 1.19. The number of benzene rings is 1. The molecule has 0 radical (unpaired) electrons. The first-order valence-electron chi connectivity index (χ1n) is 5.45. The molecule has 1 unspecified atom stereocenters. The van der Waals surface area contributed by atoms with Gasteiger partial charge in [-0.15, -0.1) is 0 Å². The summed E-state index contributed by atoms with van der Waals surface area (Å²) < 4.78 is 2.04. The number of rotatable bonds is 1. The number of hydrogen-bond acceptors (Lipinski definition) is 2. The Labute approximate surface area is 99.0 Å². The molecule has 0 saturated carbocycles. The standard InChI is InChI=1S/C12H13N5/c13-12(14)17-7-11(16-6-5-15-8-16)9-3-1-2-4-10(9)17/h1-6,8,11H,7H2,(H3,13,14). The number of fused-ring (bicyclic) bond motifs is 1. The average Bonchev–Trinajstić information content (AvgIpc) is 2.95. The first kappa shape index (κ1) is 9.89. The van der Waals surface area contributed by atoms with Crippen LogP contribution in [0.3, 0.4) is 0 Å². The van der Waals surface area contributed by atoms with Gasteiger partial charge < -0.3 is 15.2 Å². The van der Waals surface area contributed by atoms with Crippen LogP contribution in [0.5, 0.6) is 0 Å². The fourth-order valence-corrected chi connectivity index (χ4v) is 2.32. The maximum atomic E-state index is 7.62. The number of para-hydroxylation sites is 1. The van der Waals surface area contributed by atoms with Gasteiger partial charge >= 0.3 is 0 Å². The number of nitrogens with zero attached hydrogens (tertiary/aromatic N) is 3. The van der Waals surface area contributed by atoms with Crippen molar-refractivity contribution >= 4 is 11.6 Å². The largest absolute Gasteiger partial charge is 0.370 e. The Morgan fingerprint density at radius 1 is 1.41 bits per heavy atom. The molecule has 17 heavy (non-hydrogen) atoms. The first-order chi connectivity index (χ1) is 8.27. The lowest BCUT2D eigenvalue weighted by Gasteiger charge is -2.17.